The molecule has 8 heteroatoms. The van der Waals surface area contributed by atoms with Gasteiger partial charge in [-0.15, -0.1) is 11.3 Å². The molecule has 0 unspecified atom stereocenters. The first-order chi connectivity index (χ1) is 12.1. The Morgan fingerprint density at radius 1 is 1.20 bits per heavy atom. The number of fused-ring (bicyclic) bond motifs is 1. The van der Waals surface area contributed by atoms with E-state index in [4.69, 9.17) is 27.7 Å². The Morgan fingerprint density at radius 3 is 2.92 bits per heavy atom. The predicted octanol–water partition coefficient (Wildman–Crippen LogP) is 5.57. The standard InChI is InChI=1S/C17H12Cl2N4OS/c1-9-7-25-17-15(9)16(21-8-22-17)20-6-11-5-14(23-24-11)12-3-2-10(18)4-13(12)19/h2-5,7-8H,6H2,1H3,(H,20,21,22). The fourth-order valence-corrected chi connectivity index (χ4v) is 3.94. The quantitative estimate of drug-likeness (QED) is 0.493. The van der Waals surface area contributed by atoms with Crippen LogP contribution in [-0.4, -0.2) is 15.1 Å². The Balaban J connectivity index is 1.56. The maximum Gasteiger partial charge on any atom is 0.156 e. The number of halogens is 2. The second-order valence-corrected chi connectivity index (χ2v) is 7.18. The van der Waals surface area contributed by atoms with E-state index >= 15 is 0 Å². The molecule has 0 aliphatic rings. The second kappa shape index (κ2) is 6.63. The molecule has 0 aliphatic heterocycles. The molecular formula is C17H12Cl2N4OS. The average Bonchev–Trinajstić information content (AvgIpc) is 3.21. The Kier molecular flexibility index (Phi) is 4.33. The number of aryl methyl sites for hydroxylation is 1. The molecule has 1 N–H and O–H groups in total. The molecular weight excluding hydrogens is 379 g/mol. The van der Waals surface area contributed by atoms with E-state index in [9.17, 15) is 0 Å². The van der Waals surface area contributed by atoms with Gasteiger partial charge < -0.3 is 9.84 Å². The number of benzene rings is 1. The molecule has 0 aliphatic carbocycles. The van der Waals surface area contributed by atoms with Crippen molar-refractivity contribution in [1.82, 2.24) is 15.1 Å². The Labute approximate surface area is 157 Å². The fourth-order valence-electron chi connectivity index (χ4n) is 2.54. The monoisotopic (exact) mass is 390 g/mol. The van der Waals surface area contributed by atoms with E-state index < -0.39 is 0 Å². The van der Waals surface area contributed by atoms with E-state index in [-0.39, 0.29) is 0 Å². The van der Waals surface area contributed by atoms with Gasteiger partial charge >= 0.3 is 0 Å². The molecule has 1 aromatic carbocycles. The Morgan fingerprint density at radius 2 is 2.08 bits per heavy atom. The van der Waals surface area contributed by atoms with Crippen molar-refractivity contribution in [3.63, 3.8) is 0 Å². The smallest absolute Gasteiger partial charge is 0.156 e. The van der Waals surface area contributed by atoms with Crippen molar-refractivity contribution in [2.45, 2.75) is 13.5 Å². The summed E-state index contributed by atoms with van der Waals surface area (Å²) in [7, 11) is 0. The SMILES string of the molecule is Cc1csc2ncnc(NCc3cc(-c4ccc(Cl)cc4Cl)no3)c12. The Bertz CT molecular complexity index is 1060. The summed E-state index contributed by atoms with van der Waals surface area (Å²) in [4.78, 5) is 9.57. The normalized spacial score (nSPS) is 11.2. The van der Waals surface area contributed by atoms with Gasteiger partial charge in [-0.05, 0) is 36.1 Å². The van der Waals surface area contributed by atoms with Gasteiger partial charge in [-0.25, -0.2) is 9.97 Å². The van der Waals surface area contributed by atoms with Gasteiger partial charge in [0.1, 0.15) is 22.7 Å². The van der Waals surface area contributed by atoms with Crippen molar-refractivity contribution in [2.24, 2.45) is 0 Å². The summed E-state index contributed by atoms with van der Waals surface area (Å²) in [6.45, 7) is 2.50. The first kappa shape index (κ1) is 16.3. The first-order valence-corrected chi connectivity index (χ1v) is 9.09. The van der Waals surface area contributed by atoms with Gasteiger partial charge in [0.05, 0.1) is 17.0 Å². The van der Waals surface area contributed by atoms with E-state index in [1.54, 1.807) is 29.8 Å². The zero-order valence-corrected chi connectivity index (χ0v) is 15.4. The predicted molar refractivity (Wildman–Crippen MR) is 101 cm³/mol. The minimum atomic E-state index is 0.458. The highest BCUT2D eigenvalue weighted by atomic mass is 35.5. The molecule has 0 atom stereocenters. The van der Waals surface area contributed by atoms with Gasteiger partial charge in [-0.1, -0.05) is 28.4 Å². The second-order valence-electron chi connectivity index (χ2n) is 5.48. The molecule has 5 nitrogen and oxygen atoms in total. The van der Waals surface area contributed by atoms with Crippen molar-refractivity contribution >= 4 is 50.6 Å². The number of rotatable bonds is 4. The molecule has 0 spiro atoms. The average molecular weight is 391 g/mol. The maximum absolute atomic E-state index is 6.22. The van der Waals surface area contributed by atoms with Crippen LogP contribution in [0.2, 0.25) is 10.0 Å². The molecule has 0 saturated heterocycles. The van der Waals surface area contributed by atoms with E-state index in [0.717, 1.165) is 27.2 Å². The number of aromatic nitrogens is 3. The van der Waals surface area contributed by atoms with Gasteiger partial charge in [0.25, 0.3) is 0 Å². The van der Waals surface area contributed by atoms with E-state index in [0.29, 0.717) is 28.0 Å². The minimum Gasteiger partial charge on any atom is -0.362 e. The molecule has 0 fully saturated rings. The fraction of sp³-hybridized carbons (Fsp3) is 0.118. The minimum absolute atomic E-state index is 0.458. The Hall–Kier alpha value is -2.15. The largest absolute Gasteiger partial charge is 0.362 e. The topological polar surface area (TPSA) is 63.8 Å². The van der Waals surface area contributed by atoms with Crippen molar-refractivity contribution in [3.05, 3.63) is 57.3 Å². The van der Waals surface area contributed by atoms with E-state index in [1.165, 1.54) is 0 Å². The van der Waals surface area contributed by atoms with Crippen LogP contribution in [0, 0.1) is 6.92 Å². The lowest BCUT2D eigenvalue weighted by atomic mass is 10.1. The van der Waals surface area contributed by atoms with Gasteiger partial charge in [0, 0.05) is 16.7 Å². The first-order valence-electron chi connectivity index (χ1n) is 7.45. The third-order valence-corrected chi connectivity index (χ3v) is 5.30. The van der Waals surface area contributed by atoms with Crippen LogP contribution in [0.1, 0.15) is 11.3 Å². The molecule has 25 heavy (non-hydrogen) atoms. The molecule has 0 radical (unpaired) electrons. The highest BCUT2D eigenvalue weighted by molar-refractivity contribution is 7.17. The molecule has 3 heterocycles. The van der Waals surface area contributed by atoms with E-state index in [2.05, 4.69) is 25.8 Å². The van der Waals surface area contributed by atoms with Crippen molar-refractivity contribution < 1.29 is 4.52 Å². The summed E-state index contributed by atoms with van der Waals surface area (Å²) in [6, 6.07) is 7.12. The van der Waals surface area contributed by atoms with Crippen LogP contribution >= 0.6 is 34.5 Å². The molecule has 0 saturated carbocycles. The number of hydrogen-bond acceptors (Lipinski definition) is 6. The number of anilines is 1. The highest BCUT2D eigenvalue weighted by Crippen LogP contribution is 2.31. The highest BCUT2D eigenvalue weighted by Gasteiger charge is 2.12. The third kappa shape index (κ3) is 3.20. The summed E-state index contributed by atoms with van der Waals surface area (Å²) >= 11 is 13.7. The lowest BCUT2D eigenvalue weighted by Crippen LogP contribution is -2.01. The molecule has 126 valence electrons. The zero-order chi connectivity index (χ0) is 17.4. The number of hydrogen-bond donors (Lipinski definition) is 1. The summed E-state index contributed by atoms with van der Waals surface area (Å²) in [5, 5.41) is 11.6. The molecule has 4 rings (SSSR count). The maximum atomic E-state index is 6.22. The number of nitrogens with one attached hydrogen (secondary N) is 1. The third-order valence-electron chi connectivity index (χ3n) is 3.75. The lowest BCUT2D eigenvalue weighted by Gasteiger charge is -2.04. The molecule has 0 bridgehead atoms. The van der Waals surface area contributed by atoms with Gasteiger partial charge in [-0.3, -0.25) is 0 Å². The van der Waals surface area contributed by atoms with Crippen LogP contribution in [-0.2, 0) is 6.54 Å². The van der Waals surface area contributed by atoms with Crippen molar-refractivity contribution in [3.8, 4) is 11.3 Å². The van der Waals surface area contributed by atoms with Gasteiger partial charge in [-0.2, -0.15) is 0 Å². The molecule has 3 aromatic heterocycles. The number of nitrogens with zero attached hydrogens (tertiary/aromatic N) is 3. The summed E-state index contributed by atoms with van der Waals surface area (Å²) < 4.78 is 5.40. The van der Waals surface area contributed by atoms with E-state index in [1.807, 2.05) is 19.1 Å². The van der Waals surface area contributed by atoms with Crippen LogP contribution in [0.4, 0.5) is 5.82 Å². The van der Waals surface area contributed by atoms with Crippen LogP contribution in [0.25, 0.3) is 21.5 Å². The lowest BCUT2D eigenvalue weighted by molar-refractivity contribution is 0.390. The summed E-state index contributed by atoms with van der Waals surface area (Å²) in [6.07, 6.45) is 1.56. The van der Waals surface area contributed by atoms with Gasteiger partial charge in [0.15, 0.2) is 5.76 Å². The zero-order valence-electron chi connectivity index (χ0n) is 13.1. The van der Waals surface area contributed by atoms with Crippen LogP contribution in [0.3, 0.4) is 0 Å². The molecule has 0 amide bonds. The van der Waals surface area contributed by atoms with Gasteiger partial charge in [0.2, 0.25) is 0 Å². The van der Waals surface area contributed by atoms with Crippen molar-refractivity contribution in [2.75, 3.05) is 5.32 Å². The van der Waals surface area contributed by atoms with Crippen LogP contribution in [0.5, 0.6) is 0 Å². The van der Waals surface area contributed by atoms with Crippen molar-refractivity contribution in [1.29, 1.82) is 0 Å². The summed E-state index contributed by atoms with van der Waals surface area (Å²) in [5.74, 6) is 1.46. The van der Waals surface area contributed by atoms with Crippen LogP contribution in [0.15, 0.2) is 40.5 Å². The molecule has 4 aromatic rings. The number of thiophene rings is 1. The van der Waals surface area contributed by atoms with Crippen LogP contribution < -0.4 is 5.32 Å². The summed E-state index contributed by atoms with van der Waals surface area (Å²) in [5.41, 5.74) is 2.59.